The number of hydrogen-bond acceptors (Lipinski definition) is 4. The lowest BCUT2D eigenvalue weighted by atomic mass is 9.92. The second kappa shape index (κ2) is 19.5. The molecule has 0 aliphatic heterocycles. The summed E-state index contributed by atoms with van der Waals surface area (Å²) in [6.45, 7) is 7.44. The molecule has 2 rings (SSSR count). The molecule has 1 amide bonds. The fraction of sp³-hybridized carbons (Fsp3) is 0.519. The van der Waals surface area contributed by atoms with E-state index in [1.807, 2.05) is 36.4 Å². The number of rotatable bonds is 11. The molecule has 0 spiro atoms. The van der Waals surface area contributed by atoms with E-state index < -0.39 is 0 Å². The minimum atomic E-state index is 0.0296. The Balaban J connectivity index is 0.000000911. The largest absolute Gasteiger partial charge is 0.400 e. The van der Waals surface area contributed by atoms with E-state index in [1.54, 1.807) is 0 Å². The normalized spacial score (nSPS) is 11.2. The maximum Gasteiger partial charge on any atom is 0.223 e. The molecule has 0 saturated heterocycles. The van der Waals surface area contributed by atoms with Gasteiger partial charge in [-0.25, -0.2) is 0 Å². The molecule has 0 fully saturated rings. The average molecular weight is 444 g/mol. The van der Waals surface area contributed by atoms with Gasteiger partial charge >= 0.3 is 0 Å². The number of hydrogen-bond donors (Lipinski definition) is 4. The number of aryl methyl sites for hydroxylation is 2. The van der Waals surface area contributed by atoms with E-state index in [4.69, 9.17) is 16.6 Å². The summed E-state index contributed by atoms with van der Waals surface area (Å²) in [5, 5.41) is 9.94. The van der Waals surface area contributed by atoms with Crippen LogP contribution >= 0.6 is 0 Å². The summed E-state index contributed by atoms with van der Waals surface area (Å²) in [6, 6.07) is 21.1. The van der Waals surface area contributed by atoms with Crippen LogP contribution in [0.2, 0.25) is 0 Å². The van der Waals surface area contributed by atoms with E-state index in [2.05, 4.69) is 50.4 Å². The van der Waals surface area contributed by atoms with Gasteiger partial charge in [-0.3, -0.25) is 4.79 Å². The molecule has 2 aromatic carbocycles. The van der Waals surface area contributed by atoms with E-state index in [0.717, 1.165) is 39.2 Å². The standard InChI is InChI=1S/C20H26N2O.C6H15N.CH4O/c21-15-16-22-20(23)19(13-11-17-7-3-1-4-8-17)14-12-18-9-5-2-6-10-18;1-4-6(7)5(2)3;1-2/h1-10,19H,11-16,21H2,(H,22,23);5-6H,4,7H2,1-3H3;2H,1H3. The molecule has 1 atom stereocenters. The van der Waals surface area contributed by atoms with Gasteiger partial charge in [0.15, 0.2) is 0 Å². The maximum atomic E-state index is 12.4. The van der Waals surface area contributed by atoms with Crippen molar-refractivity contribution in [1.29, 1.82) is 0 Å². The van der Waals surface area contributed by atoms with Gasteiger partial charge in [-0.05, 0) is 49.1 Å². The zero-order chi connectivity index (χ0) is 24.2. The van der Waals surface area contributed by atoms with Crippen molar-refractivity contribution in [3.05, 3.63) is 71.8 Å². The molecule has 5 nitrogen and oxygen atoms in total. The van der Waals surface area contributed by atoms with E-state index in [9.17, 15) is 4.79 Å². The molecule has 0 saturated carbocycles. The van der Waals surface area contributed by atoms with Gasteiger partial charge in [-0.15, -0.1) is 0 Å². The summed E-state index contributed by atoms with van der Waals surface area (Å²) in [4.78, 5) is 12.4. The van der Waals surface area contributed by atoms with Crippen LogP contribution in [-0.4, -0.2) is 37.3 Å². The number of carbonyl (C=O) groups is 1. The molecular weight excluding hydrogens is 398 g/mol. The van der Waals surface area contributed by atoms with E-state index in [-0.39, 0.29) is 11.8 Å². The Morgan fingerprint density at radius 2 is 1.34 bits per heavy atom. The Morgan fingerprint density at radius 3 is 1.66 bits per heavy atom. The lowest BCUT2D eigenvalue weighted by Gasteiger charge is -2.17. The molecule has 0 aliphatic rings. The highest BCUT2D eigenvalue weighted by Crippen LogP contribution is 2.17. The maximum absolute atomic E-state index is 12.4. The number of aliphatic hydroxyl groups excluding tert-OH is 1. The van der Waals surface area contributed by atoms with E-state index in [1.165, 1.54) is 11.1 Å². The Hall–Kier alpha value is -2.21. The summed E-state index contributed by atoms with van der Waals surface area (Å²) >= 11 is 0. The van der Waals surface area contributed by atoms with Crippen LogP contribution in [0, 0.1) is 11.8 Å². The number of aliphatic hydroxyl groups is 1. The van der Waals surface area contributed by atoms with Crippen LogP contribution in [0.3, 0.4) is 0 Å². The van der Waals surface area contributed by atoms with E-state index in [0.29, 0.717) is 25.0 Å². The molecule has 32 heavy (non-hydrogen) atoms. The molecule has 0 bridgehead atoms. The van der Waals surface area contributed by atoms with Gasteiger partial charge in [0.25, 0.3) is 0 Å². The first-order valence-corrected chi connectivity index (χ1v) is 11.7. The fourth-order valence-electron chi connectivity index (χ4n) is 3.19. The van der Waals surface area contributed by atoms with Crippen molar-refractivity contribution in [3.8, 4) is 0 Å². The third kappa shape index (κ3) is 14.0. The van der Waals surface area contributed by atoms with Gasteiger partial charge in [0.05, 0.1) is 0 Å². The van der Waals surface area contributed by atoms with Crippen LogP contribution in [0.25, 0.3) is 0 Å². The third-order valence-electron chi connectivity index (χ3n) is 5.39. The SMILES string of the molecule is CCC(N)C(C)C.CO.NCCNC(=O)C(CCc1ccccc1)CCc1ccccc1. The monoisotopic (exact) mass is 443 g/mol. The lowest BCUT2D eigenvalue weighted by molar-refractivity contribution is -0.125. The first-order valence-electron chi connectivity index (χ1n) is 11.7. The van der Waals surface area contributed by atoms with Crippen molar-refractivity contribution in [1.82, 2.24) is 5.32 Å². The zero-order valence-corrected chi connectivity index (χ0v) is 20.5. The average Bonchev–Trinajstić information content (AvgIpc) is 2.84. The van der Waals surface area contributed by atoms with Crippen LogP contribution in [0.1, 0.15) is 51.2 Å². The molecule has 0 radical (unpaired) electrons. The summed E-state index contributed by atoms with van der Waals surface area (Å²) in [7, 11) is 1.00. The van der Waals surface area contributed by atoms with Gasteiger partial charge in [0, 0.05) is 32.2 Å². The highest BCUT2D eigenvalue weighted by molar-refractivity contribution is 5.78. The van der Waals surface area contributed by atoms with Gasteiger partial charge in [-0.2, -0.15) is 0 Å². The third-order valence-corrected chi connectivity index (χ3v) is 5.39. The van der Waals surface area contributed by atoms with Crippen molar-refractivity contribution in [2.75, 3.05) is 20.2 Å². The number of amides is 1. The predicted molar refractivity (Wildman–Crippen MR) is 136 cm³/mol. The van der Waals surface area contributed by atoms with Crippen LogP contribution in [0.5, 0.6) is 0 Å². The fourth-order valence-corrected chi connectivity index (χ4v) is 3.19. The van der Waals surface area contributed by atoms with Crippen molar-refractivity contribution in [2.45, 2.75) is 58.9 Å². The smallest absolute Gasteiger partial charge is 0.223 e. The summed E-state index contributed by atoms with van der Waals surface area (Å²) in [5.41, 5.74) is 13.7. The topological polar surface area (TPSA) is 101 Å². The first kappa shape index (κ1) is 29.8. The van der Waals surface area contributed by atoms with Crippen LogP contribution < -0.4 is 16.8 Å². The van der Waals surface area contributed by atoms with Gasteiger partial charge in [-0.1, -0.05) is 81.4 Å². The molecular formula is C27H45N3O2. The zero-order valence-electron chi connectivity index (χ0n) is 20.5. The Labute approximate surface area is 195 Å². The van der Waals surface area contributed by atoms with Crippen molar-refractivity contribution in [3.63, 3.8) is 0 Å². The number of carbonyl (C=O) groups excluding carboxylic acids is 1. The first-order chi connectivity index (χ1) is 15.5. The van der Waals surface area contributed by atoms with Gasteiger partial charge in [0.1, 0.15) is 0 Å². The van der Waals surface area contributed by atoms with Crippen LogP contribution in [0.15, 0.2) is 60.7 Å². The highest BCUT2D eigenvalue weighted by Gasteiger charge is 2.17. The molecule has 2 aromatic rings. The number of benzene rings is 2. The molecule has 1 unspecified atom stereocenters. The summed E-state index contributed by atoms with van der Waals surface area (Å²) in [6.07, 6.45) is 4.69. The highest BCUT2D eigenvalue weighted by atomic mass is 16.2. The Bertz CT molecular complexity index is 634. The van der Waals surface area contributed by atoms with Crippen molar-refractivity contribution in [2.24, 2.45) is 23.3 Å². The van der Waals surface area contributed by atoms with Crippen molar-refractivity contribution >= 4 is 5.91 Å². The van der Waals surface area contributed by atoms with Crippen molar-refractivity contribution < 1.29 is 9.90 Å². The Morgan fingerprint density at radius 1 is 0.906 bits per heavy atom. The van der Waals surface area contributed by atoms with Gasteiger partial charge in [0.2, 0.25) is 5.91 Å². The van der Waals surface area contributed by atoms with Crippen LogP contribution in [-0.2, 0) is 17.6 Å². The number of nitrogens with two attached hydrogens (primary N) is 2. The molecule has 180 valence electrons. The number of nitrogens with one attached hydrogen (secondary N) is 1. The Kier molecular flexibility index (Phi) is 18.1. The minimum absolute atomic E-state index is 0.0296. The van der Waals surface area contributed by atoms with Crippen LogP contribution in [0.4, 0.5) is 0 Å². The quantitative estimate of drug-likeness (QED) is 0.423. The molecule has 0 heterocycles. The summed E-state index contributed by atoms with van der Waals surface area (Å²) < 4.78 is 0. The molecule has 6 N–H and O–H groups in total. The molecule has 0 aliphatic carbocycles. The predicted octanol–water partition coefficient (Wildman–Crippen LogP) is 3.93. The van der Waals surface area contributed by atoms with E-state index >= 15 is 0 Å². The lowest BCUT2D eigenvalue weighted by Crippen LogP contribution is -2.34. The summed E-state index contributed by atoms with van der Waals surface area (Å²) in [5.74, 6) is 0.800. The second-order valence-electron chi connectivity index (χ2n) is 8.14. The minimum Gasteiger partial charge on any atom is -0.400 e. The molecule has 5 heteroatoms. The molecule has 0 aromatic heterocycles. The second-order valence-corrected chi connectivity index (χ2v) is 8.14. The van der Waals surface area contributed by atoms with Gasteiger partial charge < -0.3 is 21.9 Å².